The maximum atomic E-state index is 12.5. The van der Waals surface area contributed by atoms with Crippen LogP contribution in [0.4, 0.5) is 0 Å². The Hall–Kier alpha value is -1.16. The minimum Gasteiger partial charge on any atom is -0.377 e. The standard InChI is InChI=1S/C17H21NO3/c19-14-11-10-4-8-16(12(11)15(20)18-14)5-1-2-6-17(16)7-3-9-21-13(10)17/h4,8,10-13H,1-3,5-7,9H2,(H,18,19,20)/t10-,11+,12-,13+,16+,17+/m0/s1. The summed E-state index contributed by atoms with van der Waals surface area (Å²) in [7, 11) is 0. The van der Waals surface area contributed by atoms with Crippen molar-refractivity contribution in [2.45, 2.75) is 44.6 Å². The molecule has 0 aromatic carbocycles. The fourth-order valence-electron chi connectivity index (χ4n) is 6.54. The van der Waals surface area contributed by atoms with E-state index in [1.165, 1.54) is 6.42 Å². The van der Waals surface area contributed by atoms with Crippen molar-refractivity contribution in [3.8, 4) is 0 Å². The number of allylic oxidation sites excluding steroid dienone is 1. The first-order valence-corrected chi connectivity index (χ1v) is 8.35. The van der Waals surface area contributed by atoms with Crippen LogP contribution in [0, 0.1) is 28.6 Å². The lowest BCUT2D eigenvalue weighted by Gasteiger charge is -2.67. The minimum atomic E-state index is -0.183. The number of carbonyl (C=O) groups excluding carboxylic acids is 2. The summed E-state index contributed by atoms with van der Waals surface area (Å²) in [5, 5.41) is 2.62. The molecule has 2 heterocycles. The Kier molecular flexibility index (Phi) is 2.23. The lowest BCUT2D eigenvalue weighted by Crippen LogP contribution is -2.68. The largest absolute Gasteiger partial charge is 0.377 e. The van der Waals surface area contributed by atoms with Gasteiger partial charge in [-0.25, -0.2) is 0 Å². The summed E-state index contributed by atoms with van der Waals surface area (Å²) < 4.78 is 6.22. The van der Waals surface area contributed by atoms with Gasteiger partial charge in [0.2, 0.25) is 11.8 Å². The van der Waals surface area contributed by atoms with Gasteiger partial charge in [0.15, 0.2) is 0 Å². The smallest absolute Gasteiger partial charge is 0.231 e. The SMILES string of the molecule is O=C1NC(=O)[C@@H]2[C@H]1[C@@H]1C=C[C@]23CCCC[C@]32CCCO[C@H]12. The zero-order valence-electron chi connectivity index (χ0n) is 12.1. The van der Waals surface area contributed by atoms with Crippen LogP contribution in [0.3, 0.4) is 0 Å². The van der Waals surface area contributed by atoms with E-state index in [-0.39, 0.29) is 46.5 Å². The molecule has 2 saturated carbocycles. The Morgan fingerprint density at radius 2 is 1.90 bits per heavy atom. The van der Waals surface area contributed by atoms with Gasteiger partial charge in [0.1, 0.15) is 0 Å². The monoisotopic (exact) mass is 287 g/mol. The van der Waals surface area contributed by atoms with E-state index in [4.69, 9.17) is 4.74 Å². The molecular formula is C17H21NO3. The minimum absolute atomic E-state index is 0.0235. The van der Waals surface area contributed by atoms with Crippen molar-refractivity contribution in [1.29, 1.82) is 0 Å². The zero-order valence-corrected chi connectivity index (χ0v) is 12.1. The van der Waals surface area contributed by atoms with E-state index in [1.807, 2.05) is 0 Å². The molecule has 6 aliphatic rings. The summed E-state index contributed by atoms with van der Waals surface area (Å²) in [6.07, 6.45) is 11.5. The molecule has 21 heavy (non-hydrogen) atoms. The van der Waals surface area contributed by atoms with Crippen molar-refractivity contribution >= 4 is 11.8 Å². The molecule has 2 saturated heterocycles. The summed E-state index contributed by atoms with van der Waals surface area (Å²) in [6.45, 7) is 0.805. The van der Waals surface area contributed by atoms with Crippen LogP contribution in [-0.2, 0) is 14.3 Å². The summed E-state index contributed by atoms with van der Waals surface area (Å²) in [4.78, 5) is 24.9. The van der Waals surface area contributed by atoms with E-state index in [0.29, 0.717) is 0 Å². The number of hydrogen-bond donors (Lipinski definition) is 1. The van der Waals surface area contributed by atoms with Crippen LogP contribution >= 0.6 is 0 Å². The molecule has 4 fully saturated rings. The molecule has 4 aliphatic carbocycles. The molecule has 4 nitrogen and oxygen atoms in total. The van der Waals surface area contributed by atoms with Crippen LogP contribution in [0.15, 0.2) is 12.2 Å². The molecule has 0 unspecified atom stereocenters. The van der Waals surface area contributed by atoms with Gasteiger partial charge < -0.3 is 4.74 Å². The van der Waals surface area contributed by atoms with E-state index >= 15 is 0 Å². The van der Waals surface area contributed by atoms with Gasteiger partial charge in [-0.3, -0.25) is 14.9 Å². The molecule has 4 heteroatoms. The number of rotatable bonds is 0. The maximum absolute atomic E-state index is 12.5. The van der Waals surface area contributed by atoms with Gasteiger partial charge >= 0.3 is 0 Å². The normalized spacial score (nSPS) is 53.9. The molecule has 0 radical (unpaired) electrons. The molecule has 2 amide bonds. The highest BCUT2D eigenvalue weighted by molar-refractivity contribution is 6.06. The Balaban J connectivity index is 1.75. The number of imide groups is 1. The quantitative estimate of drug-likeness (QED) is 0.546. The third-order valence-electron chi connectivity index (χ3n) is 7.13. The molecule has 2 aliphatic heterocycles. The van der Waals surface area contributed by atoms with Gasteiger partial charge in [-0.15, -0.1) is 0 Å². The maximum Gasteiger partial charge on any atom is 0.231 e. The molecular weight excluding hydrogens is 266 g/mol. The number of ether oxygens (including phenoxy) is 1. The fraction of sp³-hybridized carbons (Fsp3) is 0.765. The number of nitrogens with one attached hydrogen (secondary N) is 1. The van der Waals surface area contributed by atoms with Crippen LogP contribution in [0.1, 0.15) is 38.5 Å². The third kappa shape index (κ3) is 1.20. The van der Waals surface area contributed by atoms with Gasteiger partial charge in [0.05, 0.1) is 17.9 Å². The van der Waals surface area contributed by atoms with Crippen molar-refractivity contribution in [1.82, 2.24) is 5.32 Å². The average molecular weight is 287 g/mol. The second-order valence-electron chi connectivity index (χ2n) is 7.59. The highest BCUT2D eigenvalue weighted by atomic mass is 16.5. The Labute approximate surface area is 124 Å². The molecule has 6 rings (SSSR count). The highest BCUT2D eigenvalue weighted by Crippen LogP contribution is 2.71. The Morgan fingerprint density at radius 1 is 1.10 bits per heavy atom. The van der Waals surface area contributed by atoms with Crippen molar-refractivity contribution < 1.29 is 14.3 Å². The summed E-state index contributed by atoms with van der Waals surface area (Å²) >= 11 is 0. The van der Waals surface area contributed by atoms with Gasteiger partial charge in [0.25, 0.3) is 0 Å². The van der Waals surface area contributed by atoms with E-state index < -0.39 is 0 Å². The number of carbonyl (C=O) groups is 2. The molecule has 0 aromatic rings. The Bertz CT molecular complexity index is 564. The molecule has 112 valence electrons. The van der Waals surface area contributed by atoms with Crippen molar-refractivity contribution in [3.63, 3.8) is 0 Å². The topological polar surface area (TPSA) is 55.4 Å². The Morgan fingerprint density at radius 3 is 2.81 bits per heavy atom. The van der Waals surface area contributed by atoms with Gasteiger partial charge in [-0.2, -0.15) is 0 Å². The highest BCUT2D eigenvalue weighted by Gasteiger charge is 2.73. The molecule has 0 aromatic heterocycles. The molecule has 1 N–H and O–H groups in total. The van der Waals surface area contributed by atoms with E-state index in [2.05, 4.69) is 17.5 Å². The van der Waals surface area contributed by atoms with Crippen LogP contribution in [-0.4, -0.2) is 24.5 Å². The second kappa shape index (κ2) is 3.78. The second-order valence-corrected chi connectivity index (χ2v) is 7.59. The van der Waals surface area contributed by atoms with E-state index in [1.54, 1.807) is 0 Å². The predicted molar refractivity (Wildman–Crippen MR) is 75.1 cm³/mol. The van der Waals surface area contributed by atoms with Gasteiger partial charge in [0, 0.05) is 23.4 Å². The van der Waals surface area contributed by atoms with Crippen molar-refractivity contribution in [2.24, 2.45) is 28.6 Å². The number of hydrogen-bond acceptors (Lipinski definition) is 3. The lowest BCUT2D eigenvalue weighted by atomic mass is 9.37. The predicted octanol–water partition coefficient (Wildman–Crippen LogP) is 1.80. The molecule has 6 atom stereocenters. The third-order valence-corrected chi connectivity index (χ3v) is 7.13. The van der Waals surface area contributed by atoms with E-state index in [0.717, 1.165) is 38.7 Å². The van der Waals surface area contributed by atoms with Crippen LogP contribution in [0.2, 0.25) is 0 Å². The first-order chi connectivity index (χ1) is 10.2. The molecule has 2 spiro atoms. The zero-order chi connectivity index (χ0) is 14.2. The van der Waals surface area contributed by atoms with Crippen molar-refractivity contribution in [3.05, 3.63) is 12.2 Å². The summed E-state index contributed by atoms with van der Waals surface area (Å²) in [5.41, 5.74) is -0.0297. The summed E-state index contributed by atoms with van der Waals surface area (Å²) in [6, 6.07) is 0. The van der Waals surface area contributed by atoms with Crippen LogP contribution < -0.4 is 5.32 Å². The molecule has 2 bridgehead atoms. The van der Waals surface area contributed by atoms with Crippen LogP contribution in [0.25, 0.3) is 0 Å². The van der Waals surface area contributed by atoms with Crippen LogP contribution in [0.5, 0.6) is 0 Å². The van der Waals surface area contributed by atoms with E-state index in [9.17, 15) is 9.59 Å². The lowest BCUT2D eigenvalue weighted by molar-refractivity contribution is -0.231. The fourth-order valence-corrected chi connectivity index (χ4v) is 6.54. The van der Waals surface area contributed by atoms with Gasteiger partial charge in [-0.05, 0) is 25.7 Å². The van der Waals surface area contributed by atoms with Crippen molar-refractivity contribution in [2.75, 3.05) is 6.61 Å². The number of amides is 2. The average Bonchev–Trinajstić information content (AvgIpc) is 2.82. The van der Waals surface area contributed by atoms with Gasteiger partial charge in [-0.1, -0.05) is 25.0 Å². The summed E-state index contributed by atoms with van der Waals surface area (Å²) in [5.74, 6) is -0.312. The first kappa shape index (κ1) is 12.4. The first-order valence-electron chi connectivity index (χ1n) is 8.35.